The van der Waals surface area contributed by atoms with Crippen molar-refractivity contribution in [2.75, 3.05) is 13.2 Å². The van der Waals surface area contributed by atoms with E-state index in [1.54, 1.807) is 0 Å². The highest BCUT2D eigenvalue weighted by atomic mass is 16.8. The van der Waals surface area contributed by atoms with Gasteiger partial charge in [0.25, 0.3) is 11.4 Å². The van der Waals surface area contributed by atoms with Gasteiger partial charge >= 0.3 is 11.9 Å². The number of phenols is 1. The van der Waals surface area contributed by atoms with Gasteiger partial charge in [0.05, 0.1) is 25.6 Å². The van der Waals surface area contributed by atoms with Crippen LogP contribution >= 0.6 is 0 Å². The molecule has 13 nitrogen and oxygen atoms in total. The number of ether oxygens (including phenoxy) is 5. The van der Waals surface area contributed by atoms with Gasteiger partial charge in [-0.05, 0) is 17.7 Å². The Morgan fingerprint density at radius 1 is 1.06 bits per heavy atom. The van der Waals surface area contributed by atoms with E-state index in [4.69, 9.17) is 23.7 Å². The van der Waals surface area contributed by atoms with Crippen molar-refractivity contribution in [2.45, 2.75) is 66.6 Å². The van der Waals surface area contributed by atoms with Crippen molar-refractivity contribution in [3.05, 3.63) is 29.8 Å². The summed E-state index contributed by atoms with van der Waals surface area (Å²) in [5.74, 6) is -5.35. The van der Waals surface area contributed by atoms with E-state index in [1.807, 2.05) is 0 Å². The number of hydrogen-bond acceptors (Lipinski definition) is 13. The highest BCUT2D eigenvalue weighted by Gasteiger charge is 2.81. The van der Waals surface area contributed by atoms with E-state index < -0.39 is 78.8 Å². The third kappa shape index (κ3) is 3.17. The molecule has 0 aromatic heterocycles. The maximum Gasteiger partial charge on any atom is 0.357 e. The molecule has 13 heteroatoms. The van der Waals surface area contributed by atoms with Gasteiger partial charge in [-0.3, -0.25) is 4.79 Å². The van der Waals surface area contributed by atoms with Crippen LogP contribution in [0.2, 0.25) is 0 Å². The summed E-state index contributed by atoms with van der Waals surface area (Å²) in [7, 11) is 0. The fourth-order valence-electron chi connectivity index (χ4n) is 5.09. The number of rotatable bonds is 4. The Kier molecular flexibility index (Phi) is 5.57. The largest absolute Gasteiger partial charge is 0.508 e. The molecule has 1 spiro atoms. The molecule has 4 saturated heterocycles. The number of benzene rings is 1. The highest BCUT2D eigenvalue weighted by Crippen LogP contribution is 2.56. The zero-order valence-corrected chi connectivity index (χ0v) is 17.6. The van der Waals surface area contributed by atoms with Crippen LogP contribution in [0.4, 0.5) is 0 Å². The average Bonchev–Trinajstić information content (AvgIpc) is 3.40. The molecule has 0 aliphatic carbocycles. The molecule has 0 radical (unpaired) electrons. The maximum atomic E-state index is 13.1. The molecule has 186 valence electrons. The van der Waals surface area contributed by atoms with Crippen molar-refractivity contribution in [3.8, 4) is 5.75 Å². The number of hydrogen-bond donors (Lipinski definition) is 6. The van der Waals surface area contributed by atoms with E-state index in [9.17, 15) is 40.2 Å². The molecule has 1 aromatic carbocycles. The van der Waals surface area contributed by atoms with Crippen LogP contribution in [0.15, 0.2) is 24.3 Å². The minimum atomic E-state index is -2.46. The Morgan fingerprint density at radius 2 is 1.76 bits per heavy atom. The lowest BCUT2D eigenvalue weighted by atomic mass is 9.76. The molecule has 0 unspecified atom stereocenters. The predicted octanol–water partition coefficient (Wildman–Crippen LogP) is -3.01. The lowest BCUT2D eigenvalue weighted by Crippen LogP contribution is -2.61. The van der Waals surface area contributed by atoms with Crippen LogP contribution in [0.1, 0.15) is 17.9 Å². The van der Waals surface area contributed by atoms with Gasteiger partial charge < -0.3 is 54.3 Å². The summed E-state index contributed by atoms with van der Waals surface area (Å²) in [6.07, 6.45) is -10.8. The second-order valence-corrected chi connectivity index (χ2v) is 8.76. The van der Waals surface area contributed by atoms with Crippen LogP contribution in [0, 0.1) is 0 Å². The van der Waals surface area contributed by atoms with Crippen LogP contribution in [-0.2, 0) is 33.3 Å². The maximum absolute atomic E-state index is 13.1. The molecular weight excluding hydrogens is 460 g/mol. The second-order valence-electron chi connectivity index (χ2n) is 8.76. The summed E-state index contributed by atoms with van der Waals surface area (Å²) < 4.78 is 27.2. The summed E-state index contributed by atoms with van der Waals surface area (Å²) in [6.45, 7) is -1.05. The molecule has 0 bridgehead atoms. The van der Waals surface area contributed by atoms with Crippen LogP contribution in [0.5, 0.6) is 5.75 Å². The lowest BCUT2D eigenvalue weighted by molar-refractivity contribution is -0.315. The summed E-state index contributed by atoms with van der Waals surface area (Å²) in [5, 5.41) is 60.6. The van der Waals surface area contributed by atoms with Gasteiger partial charge in [-0.15, -0.1) is 0 Å². The molecule has 6 N–H and O–H groups in total. The highest BCUT2D eigenvalue weighted by molar-refractivity contribution is 5.92. The van der Waals surface area contributed by atoms with Gasteiger partial charge in [0.2, 0.25) is 0 Å². The topological polar surface area (TPSA) is 202 Å². The van der Waals surface area contributed by atoms with Crippen LogP contribution in [0.25, 0.3) is 0 Å². The zero-order chi connectivity index (χ0) is 24.4. The Hall–Kier alpha value is -2.36. The van der Waals surface area contributed by atoms with E-state index in [0.29, 0.717) is 5.56 Å². The molecule has 5 rings (SSSR count). The van der Waals surface area contributed by atoms with Gasteiger partial charge in [0.15, 0.2) is 12.4 Å². The SMILES string of the molecule is O=C1C[C@H](c2ccc(O)cc2)[C@@]2(O1)C(=O)O[C@H]1[C@H](O[C@@H]3O[C@H](CO)[C@@H](O)[C@H](O)[C@H]3O)CO[C@]12O. The molecule has 0 saturated carbocycles. The van der Waals surface area contributed by atoms with E-state index in [2.05, 4.69) is 0 Å². The van der Waals surface area contributed by atoms with Crippen molar-refractivity contribution in [1.82, 2.24) is 0 Å². The summed E-state index contributed by atoms with van der Waals surface area (Å²) in [5.41, 5.74) is -1.84. The summed E-state index contributed by atoms with van der Waals surface area (Å²) in [4.78, 5) is 25.4. The van der Waals surface area contributed by atoms with Crippen molar-refractivity contribution < 1.29 is 63.9 Å². The van der Waals surface area contributed by atoms with Crippen LogP contribution in [0.3, 0.4) is 0 Å². The smallest absolute Gasteiger partial charge is 0.357 e. The molecule has 0 amide bonds. The Bertz CT molecular complexity index is 966. The minimum Gasteiger partial charge on any atom is -0.508 e. The number of aliphatic hydroxyl groups is 5. The third-order valence-corrected chi connectivity index (χ3v) is 6.85. The molecule has 4 heterocycles. The number of esters is 2. The molecule has 4 aliphatic rings. The van der Waals surface area contributed by atoms with Crippen molar-refractivity contribution in [1.29, 1.82) is 0 Å². The van der Waals surface area contributed by atoms with Gasteiger partial charge in [0.1, 0.15) is 36.3 Å². The van der Waals surface area contributed by atoms with E-state index in [1.165, 1.54) is 24.3 Å². The van der Waals surface area contributed by atoms with Gasteiger partial charge in [-0.25, -0.2) is 4.79 Å². The normalized spacial score (nSPS) is 45.9. The predicted molar refractivity (Wildman–Crippen MR) is 104 cm³/mol. The number of phenolic OH excluding ortho intramolecular Hbond substituents is 1. The molecule has 10 atom stereocenters. The molecular formula is C21H24O13. The monoisotopic (exact) mass is 484 g/mol. The third-order valence-electron chi connectivity index (χ3n) is 6.85. The van der Waals surface area contributed by atoms with Crippen LogP contribution < -0.4 is 0 Å². The van der Waals surface area contributed by atoms with Crippen molar-refractivity contribution in [3.63, 3.8) is 0 Å². The Balaban J connectivity index is 1.43. The molecule has 4 fully saturated rings. The van der Waals surface area contributed by atoms with Gasteiger partial charge in [0, 0.05) is 0 Å². The molecule has 1 aromatic rings. The first kappa shape index (κ1) is 23.4. The first-order valence-corrected chi connectivity index (χ1v) is 10.7. The second kappa shape index (κ2) is 8.10. The summed E-state index contributed by atoms with van der Waals surface area (Å²) in [6, 6.07) is 5.66. The zero-order valence-electron chi connectivity index (χ0n) is 17.6. The fraction of sp³-hybridized carbons (Fsp3) is 0.619. The molecule has 4 aliphatic heterocycles. The van der Waals surface area contributed by atoms with E-state index in [-0.39, 0.29) is 18.8 Å². The number of aliphatic hydroxyl groups excluding tert-OH is 4. The Morgan fingerprint density at radius 3 is 2.44 bits per heavy atom. The molecule has 34 heavy (non-hydrogen) atoms. The number of aromatic hydroxyl groups is 1. The van der Waals surface area contributed by atoms with E-state index in [0.717, 1.165) is 0 Å². The Labute approximate surface area is 192 Å². The van der Waals surface area contributed by atoms with E-state index >= 15 is 0 Å². The standard InChI is InChI=1S/C21H24O13/c22-6-11-14(25)15(26)16(27)18(31-11)32-12-7-30-21(29)17(12)33-19(28)20(21)10(5-13(24)34-20)8-1-3-9(23)4-2-8/h1-4,10-12,14-18,22-23,25-27,29H,5-7H2/t10-,11-,12-,14-,15+,16-,17+,18+,20-,21-/m1/s1. The van der Waals surface area contributed by atoms with Crippen molar-refractivity contribution >= 4 is 11.9 Å². The fourth-order valence-corrected chi connectivity index (χ4v) is 5.09. The summed E-state index contributed by atoms with van der Waals surface area (Å²) >= 11 is 0. The first-order valence-electron chi connectivity index (χ1n) is 10.7. The average molecular weight is 484 g/mol. The van der Waals surface area contributed by atoms with Gasteiger partial charge in [-0.1, -0.05) is 12.1 Å². The number of carbonyl (C=O) groups excluding carboxylic acids is 2. The lowest BCUT2D eigenvalue weighted by Gasteiger charge is -2.40. The number of carbonyl (C=O) groups is 2. The van der Waals surface area contributed by atoms with Gasteiger partial charge in [-0.2, -0.15) is 0 Å². The van der Waals surface area contributed by atoms with Crippen LogP contribution in [-0.4, -0.2) is 110 Å². The minimum absolute atomic E-state index is 0.0428. The number of fused-ring (bicyclic) bond motifs is 2. The quantitative estimate of drug-likeness (QED) is 0.236. The first-order chi connectivity index (χ1) is 16.1. The van der Waals surface area contributed by atoms with Crippen molar-refractivity contribution in [2.24, 2.45) is 0 Å².